The Morgan fingerprint density at radius 1 is 0.500 bits per heavy atom. The van der Waals surface area contributed by atoms with E-state index in [1.807, 2.05) is 0 Å². The van der Waals surface area contributed by atoms with E-state index in [0.717, 1.165) is 21.0 Å². The molecule has 2 heteroatoms. The van der Waals surface area contributed by atoms with Gasteiger partial charge >= 0.3 is 0 Å². The summed E-state index contributed by atoms with van der Waals surface area (Å²) in [4.78, 5) is 0. The molecule has 1 heterocycles. The third-order valence-corrected chi connectivity index (χ3v) is 7.37. The minimum atomic E-state index is 0.922. The van der Waals surface area contributed by atoms with Crippen LogP contribution in [0, 0.1) is 0 Å². The molecule has 1 aromatic heterocycles. The van der Waals surface area contributed by atoms with Crippen molar-refractivity contribution in [3.63, 3.8) is 0 Å². The Morgan fingerprint density at radius 3 is 1.81 bits per heavy atom. The van der Waals surface area contributed by atoms with E-state index < -0.39 is 0 Å². The van der Waals surface area contributed by atoms with Gasteiger partial charge in [0, 0.05) is 15.2 Å². The van der Waals surface area contributed by atoms with Gasteiger partial charge < -0.3 is 4.42 Å². The van der Waals surface area contributed by atoms with Crippen LogP contribution in [0.2, 0.25) is 0 Å². The highest BCUT2D eigenvalue weighted by Crippen LogP contribution is 2.43. The molecule has 0 aliphatic heterocycles. The van der Waals surface area contributed by atoms with Gasteiger partial charge in [-0.05, 0) is 77.6 Å². The third-order valence-electron chi connectivity index (χ3n) is 6.51. The molecule has 0 radical (unpaired) electrons. The highest BCUT2D eigenvalue weighted by atomic mass is 79.9. The number of halogens is 1. The molecule has 0 aliphatic rings. The summed E-state index contributed by atoms with van der Waals surface area (Å²) in [5, 5.41) is 9.74. The van der Waals surface area contributed by atoms with Crippen LogP contribution in [0.1, 0.15) is 0 Å². The Hall–Kier alpha value is -3.62. The van der Waals surface area contributed by atoms with Gasteiger partial charge in [-0.15, -0.1) is 0 Å². The van der Waals surface area contributed by atoms with Gasteiger partial charge in [-0.1, -0.05) is 84.9 Å². The molecule has 0 spiro atoms. The molecular formula is C30H17BrO. The van der Waals surface area contributed by atoms with E-state index in [1.165, 1.54) is 48.8 Å². The van der Waals surface area contributed by atoms with Crippen LogP contribution in [-0.2, 0) is 0 Å². The molecule has 150 valence electrons. The second-order valence-electron chi connectivity index (χ2n) is 8.25. The highest BCUT2D eigenvalue weighted by Gasteiger charge is 2.16. The van der Waals surface area contributed by atoms with Crippen LogP contribution in [0.3, 0.4) is 0 Å². The van der Waals surface area contributed by atoms with Crippen LogP contribution in [0.25, 0.3) is 65.4 Å². The van der Waals surface area contributed by atoms with Crippen LogP contribution >= 0.6 is 15.9 Å². The van der Waals surface area contributed by atoms with E-state index in [0.29, 0.717) is 0 Å². The fourth-order valence-electron chi connectivity index (χ4n) is 5.09. The van der Waals surface area contributed by atoms with Crippen molar-refractivity contribution in [2.75, 3.05) is 0 Å². The molecule has 0 unspecified atom stereocenters. The summed E-state index contributed by atoms with van der Waals surface area (Å²) in [5.74, 6) is 0. The third kappa shape index (κ3) is 2.44. The van der Waals surface area contributed by atoms with Crippen LogP contribution in [0.4, 0.5) is 0 Å². The van der Waals surface area contributed by atoms with Crippen molar-refractivity contribution in [1.82, 2.24) is 0 Å². The number of furan rings is 1. The number of rotatable bonds is 1. The first-order valence-electron chi connectivity index (χ1n) is 10.7. The number of benzene rings is 6. The number of fused-ring (bicyclic) bond motifs is 7. The van der Waals surface area contributed by atoms with Gasteiger partial charge in [0.1, 0.15) is 11.2 Å². The lowest BCUT2D eigenvalue weighted by atomic mass is 9.91. The van der Waals surface area contributed by atoms with Gasteiger partial charge in [-0.25, -0.2) is 0 Å². The zero-order chi connectivity index (χ0) is 21.2. The molecule has 0 saturated carbocycles. The van der Waals surface area contributed by atoms with E-state index in [2.05, 4.69) is 119 Å². The maximum atomic E-state index is 6.24. The molecule has 0 fully saturated rings. The fraction of sp³-hybridized carbons (Fsp3) is 0. The van der Waals surface area contributed by atoms with Crippen molar-refractivity contribution < 1.29 is 4.42 Å². The van der Waals surface area contributed by atoms with Gasteiger partial charge in [0.2, 0.25) is 0 Å². The molecule has 0 atom stereocenters. The Bertz CT molecular complexity index is 1780. The predicted molar refractivity (Wildman–Crippen MR) is 139 cm³/mol. The minimum Gasteiger partial charge on any atom is -0.456 e. The van der Waals surface area contributed by atoms with Gasteiger partial charge in [0.15, 0.2) is 0 Å². The van der Waals surface area contributed by atoms with Crippen molar-refractivity contribution >= 4 is 70.2 Å². The molecule has 7 aromatic rings. The van der Waals surface area contributed by atoms with E-state index in [4.69, 9.17) is 4.42 Å². The van der Waals surface area contributed by atoms with E-state index >= 15 is 0 Å². The minimum absolute atomic E-state index is 0.922. The average molecular weight is 473 g/mol. The molecule has 0 amide bonds. The first-order valence-corrected chi connectivity index (χ1v) is 11.5. The van der Waals surface area contributed by atoms with Crippen LogP contribution in [0.5, 0.6) is 0 Å². The Kier molecular flexibility index (Phi) is 3.76. The lowest BCUT2D eigenvalue weighted by Gasteiger charge is -2.14. The second kappa shape index (κ2) is 6.69. The summed E-state index contributed by atoms with van der Waals surface area (Å²) in [6.07, 6.45) is 0. The van der Waals surface area contributed by atoms with Crippen LogP contribution in [-0.4, -0.2) is 0 Å². The Balaban J connectivity index is 1.65. The maximum absolute atomic E-state index is 6.24. The molecule has 0 aliphatic carbocycles. The maximum Gasteiger partial charge on any atom is 0.136 e. The van der Waals surface area contributed by atoms with Crippen LogP contribution < -0.4 is 0 Å². The van der Waals surface area contributed by atoms with E-state index in [-0.39, 0.29) is 0 Å². The van der Waals surface area contributed by atoms with Crippen LogP contribution in [0.15, 0.2) is 112 Å². The van der Waals surface area contributed by atoms with Gasteiger partial charge in [0.05, 0.1) is 0 Å². The van der Waals surface area contributed by atoms with Gasteiger partial charge in [-0.3, -0.25) is 0 Å². The predicted octanol–water partition coefficient (Wildman–Crippen LogP) is 9.48. The molecule has 7 rings (SSSR count). The molecule has 0 N–H and O–H groups in total. The summed E-state index contributed by atoms with van der Waals surface area (Å²) >= 11 is 3.87. The number of hydrogen-bond acceptors (Lipinski definition) is 1. The monoisotopic (exact) mass is 472 g/mol. The van der Waals surface area contributed by atoms with Crippen molar-refractivity contribution in [2.45, 2.75) is 0 Å². The first-order chi connectivity index (χ1) is 15.8. The summed E-state index contributed by atoms with van der Waals surface area (Å²) in [6.45, 7) is 0. The Morgan fingerprint density at radius 2 is 1.09 bits per heavy atom. The lowest BCUT2D eigenvalue weighted by Crippen LogP contribution is -1.87. The molecular weight excluding hydrogens is 456 g/mol. The van der Waals surface area contributed by atoms with E-state index in [9.17, 15) is 0 Å². The molecule has 6 aromatic carbocycles. The smallest absolute Gasteiger partial charge is 0.136 e. The molecule has 32 heavy (non-hydrogen) atoms. The molecule has 1 nitrogen and oxygen atoms in total. The quantitative estimate of drug-likeness (QED) is 0.217. The Labute approximate surface area is 193 Å². The molecule has 0 bridgehead atoms. The summed E-state index contributed by atoms with van der Waals surface area (Å²) in [7, 11) is 0. The van der Waals surface area contributed by atoms with Crippen molar-refractivity contribution in [2.24, 2.45) is 0 Å². The largest absolute Gasteiger partial charge is 0.456 e. The van der Waals surface area contributed by atoms with Crippen molar-refractivity contribution in [1.29, 1.82) is 0 Å². The SMILES string of the molecule is Brc1c2ccccc2c(-c2ccc3oc4ccc5ccccc5c4c3c2)c2ccccc12. The number of hydrogen-bond donors (Lipinski definition) is 0. The van der Waals surface area contributed by atoms with Crippen molar-refractivity contribution in [3.05, 3.63) is 108 Å². The normalized spacial score (nSPS) is 11.9. The molecule has 0 saturated heterocycles. The topological polar surface area (TPSA) is 13.1 Å². The van der Waals surface area contributed by atoms with Gasteiger partial charge in [-0.2, -0.15) is 0 Å². The average Bonchev–Trinajstić information content (AvgIpc) is 3.23. The fourth-order valence-corrected chi connectivity index (χ4v) is 5.78. The first kappa shape index (κ1) is 18.0. The van der Waals surface area contributed by atoms with E-state index in [1.54, 1.807) is 0 Å². The summed E-state index contributed by atoms with van der Waals surface area (Å²) < 4.78 is 7.38. The zero-order valence-electron chi connectivity index (χ0n) is 17.1. The second-order valence-corrected chi connectivity index (χ2v) is 9.05. The summed E-state index contributed by atoms with van der Waals surface area (Å²) in [6, 6.07) is 36.6. The summed E-state index contributed by atoms with van der Waals surface area (Å²) in [5.41, 5.74) is 4.32. The lowest BCUT2D eigenvalue weighted by molar-refractivity contribution is 0.669. The van der Waals surface area contributed by atoms with Crippen molar-refractivity contribution in [3.8, 4) is 11.1 Å². The standard InChI is InChI=1S/C30H17BrO/c31-30-23-11-5-3-9-21(23)28(22-10-4-6-12-24(22)30)19-14-15-26-25(17-19)29-20-8-2-1-7-18(20)13-16-27(29)32-26/h1-17H. The zero-order valence-corrected chi connectivity index (χ0v) is 18.7. The highest BCUT2D eigenvalue weighted by molar-refractivity contribution is 9.10. The van der Waals surface area contributed by atoms with Gasteiger partial charge in [0.25, 0.3) is 0 Å².